The second-order valence-electron chi connectivity index (χ2n) is 3.72. The van der Waals surface area contributed by atoms with Crippen molar-refractivity contribution in [2.45, 2.75) is 18.6 Å². The standard InChI is InChI=1S/C12H13ClFNO3S/c1-2-10(12(17)18)19-6-11(16)15-9-4-3-7(13)5-8(9)14/h3-5,10H,2,6H2,1H3,(H,15,16)(H,17,18). The summed E-state index contributed by atoms with van der Waals surface area (Å²) < 4.78 is 13.4. The number of halogens is 2. The highest BCUT2D eigenvalue weighted by atomic mass is 35.5. The fourth-order valence-electron chi connectivity index (χ4n) is 1.32. The van der Waals surface area contributed by atoms with Gasteiger partial charge in [-0.25, -0.2) is 4.39 Å². The number of nitrogens with one attached hydrogen (secondary N) is 1. The Balaban J connectivity index is 2.53. The SMILES string of the molecule is CCC(SCC(=O)Nc1ccc(Cl)cc1F)C(=O)O. The Kier molecular flexibility index (Phi) is 6.11. The lowest BCUT2D eigenvalue weighted by atomic mass is 10.3. The normalized spacial score (nSPS) is 11.9. The lowest BCUT2D eigenvalue weighted by Gasteiger charge is -2.10. The first-order valence-corrected chi connectivity index (χ1v) is 6.96. The molecular formula is C12H13ClFNO3S. The van der Waals surface area contributed by atoms with E-state index < -0.39 is 22.9 Å². The van der Waals surface area contributed by atoms with Gasteiger partial charge in [-0.05, 0) is 24.6 Å². The Bertz CT molecular complexity index is 484. The summed E-state index contributed by atoms with van der Waals surface area (Å²) in [5.74, 6) is -2.09. The maximum atomic E-state index is 13.4. The number of carboxylic acids is 1. The van der Waals surface area contributed by atoms with Gasteiger partial charge >= 0.3 is 5.97 Å². The maximum Gasteiger partial charge on any atom is 0.316 e. The molecule has 19 heavy (non-hydrogen) atoms. The molecule has 0 heterocycles. The number of thioether (sulfide) groups is 1. The fourth-order valence-corrected chi connectivity index (χ4v) is 2.28. The van der Waals surface area contributed by atoms with Gasteiger partial charge in [0.05, 0.1) is 11.4 Å². The second-order valence-corrected chi connectivity index (χ2v) is 5.35. The van der Waals surface area contributed by atoms with E-state index in [0.29, 0.717) is 6.42 Å². The van der Waals surface area contributed by atoms with Crippen molar-refractivity contribution < 1.29 is 19.1 Å². The molecule has 0 radical (unpaired) electrons. The summed E-state index contributed by atoms with van der Waals surface area (Å²) in [6.07, 6.45) is 0.419. The topological polar surface area (TPSA) is 66.4 Å². The largest absolute Gasteiger partial charge is 0.480 e. The third kappa shape index (κ3) is 5.08. The lowest BCUT2D eigenvalue weighted by Crippen LogP contribution is -2.21. The van der Waals surface area contributed by atoms with Crippen LogP contribution in [-0.4, -0.2) is 28.0 Å². The Hall–Kier alpha value is -1.27. The molecule has 7 heteroatoms. The van der Waals surface area contributed by atoms with Crippen LogP contribution in [0.4, 0.5) is 10.1 Å². The van der Waals surface area contributed by atoms with Gasteiger partial charge in [0, 0.05) is 5.02 Å². The molecule has 1 unspecified atom stereocenters. The molecule has 2 N–H and O–H groups in total. The van der Waals surface area contributed by atoms with Crippen molar-refractivity contribution in [1.82, 2.24) is 0 Å². The van der Waals surface area contributed by atoms with E-state index in [9.17, 15) is 14.0 Å². The van der Waals surface area contributed by atoms with E-state index in [-0.39, 0.29) is 16.5 Å². The summed E-state index contributed by atoms with van der Waals surface area (Å²) in [6.45, 7) is 1.72. The molecule has 0 aliphatic rings. The third-order valence-electron chi connectivity index (χ3n) is 2.27. The van der Waals surface area contributed by atoms with Crippen LogP contribution in [0.5, 0.6) is 0 Å². The van der Waals surface area contributed by atoms with Crippen LogP contribution in [0.3, 0.4) is 0 Å². The molecule has 104 valence electrons. The molecule has 0 aromatic heterocycles. The van der Waals surface area contributed by atoms with Crippen molar-refractivity contribution in [3.05, 3.63) is 29.0 Å². The van der Waals surface area contributed by atoms with Gasteiger partial charge < -0.3 is 10.4 Å². The number of carboxylic acid groups (broad SMARTS) is 1. The fraction of sp³-hybridized carbons (Fsp3) is 0.333. The van der Waals surface area contributed by atoms with Gasteiger partial charge in [-0.1, -0.05) is 18.5 Å². The van der Waals surface area contributed by atoms with Crippen molar-refractivity contribution in [1.29, 1.82) is 0 Å². The van der Waals surface area contributed by atoms with Gasteiger partial charge in [0.25, 0.3) is 0 Å². The van der Waals surface area contributed by atoms with Crippen molar-refractivity contribution in [2.24, 2.45) is 0 Å². The number of hydrogen-bond donors (Lipinski definition) is 2. The smallest absolute Gasteiger partial charge is 0.316 e. The predicted molar refractivity (Wildman–Crippen MR) is 74.2 cm³/mol. The third-order valence-corrected chi connectivity index (χ3v) is 3.87. The van der Waals surface area contributed by atoms with E-state index in [4.69, 9.17) is 16.7 Å². The van der Waals surface area contributed by atoms with Crippen LogP contribution in [0.2, 0.25) is 5.02 Å². The number of aliphatic carboxylic acids is 1. The van der Waals surface area contributed by atoms with Crippen LogP contribution >= 0.6 is 23.4 Å². The number of benzene rings is 1. The molecule has 0 fully saturated rings. The zero-order valence-corrected chi connectivity index (χ0v) is 11.7. The summed E-state index contributed by atoms with van der Waals surface area (Å²) >= 11 is 6.59. The van der Waals surface area contributed by atoms with Gasteiger partial charge in [0.1, 0.15) is 11.1 Å². The van der Waals surface area contributed by atoms with E-state index in [1.165, 1.54) is 12.1 Å². The number of carbonyl (C=O) groups excluding carboxylic acids is 1. The van der Waals surface area contributed by atoms with Crippen LogP contribution in [0.25, 0.3) is 0 Å². The Morgan fingerprint density at radius 1 is 1.53 bits per heavy atom. The van der Waals surface area contributed by atoms with Gasteiger partial charge in [0.15, 0.2) is 0 Å². The van der Waals surface area contributed by atoms with Gasteiger partial charge in [-0.3, -0.25) is 9.59 Å². The number of carbonyl (C=O) groups is 2. The number of rotatable bonds is 6. The molecule has 4 nitrogen and oxygen atoms in total. The zero-order valence-electron chi connectivity index (χ0n) is 10.2. The number of hydrogen-bond acceptors (Lipinski definition) is 3. The number of anilines is 1. The molecule has 1 atom stereocenters. The number of amides is 1. The van der Waals surface area contributed by atoms with E-state index in [1.54, 1.807) is 6.92 Å². The maximum absolute atomic E-state index is 13.4. The van der Waals surface area contributed by atoms with Gasteiger partial charge in [-0.2, -0.15) is 0 Å². The van der Waals surface area contributed by atoms with Crippen LogP contribution in [0.15, 0.2) is 18.2 Å². The highest BCUT2D eigenvalue weighted by Gasteiger charge is 2.17. The van der Waals surface area contributed by atoms with Crippen molar-refractivity contribution >= 4 is 40.9 Å². The molecular weight excluding hydrogens is 293 g/mol. The minimum atomic E-state index is -0.960. The first-order chi connectivity index (χ1) is 8.93. The molecule has 0 aliphatic carbocycles. The van der Waals surface area contributed by atoms with Crippen LogP contribution in [0, 0.1) is 5.82 Å². The monoisotopic (exact) mass is 305 g/mol. The molecule has 1 aromatic carbocycles. The average Bonchev–Trinajstić information content (AvgIpc) is 2.33. The summed E-state index contributed by atoms with van der Waals surface area (Å²) in [4.78, 5) is 22.3. The molecule has 1 amide bonds. The summed E-state index contributed by atoms with van der Waals surface area (Å²) in [7, 11) is 0. The van der Waals surface area contributed by atoms with E-state index in [2.05, 4.69) is 5.32 Å². The van der Waals surface area contributed by atoms with E-state index in [1.807, 2.05) is 0 Å². The highest BCUT2D eigenvalue weighted by molar-refractivity contribution is 8.01. The molecule has 1 rings (SSSR count). The first-order valence-electron chi connectivity index (χ1n) is 5.53. The Labute approximate surface area is 119 Å². The van der Waals surface area contributed by atoms with Crippen molar-refractivity contribution in [3.63, 3.8) is 0 Å². The molecule has 0 saturated carbocycles. The Morgan fingerprint density at radius 2 is 2.21 bits per heavy atom. The molecule has 0 spiro atoms. The minimum absolute atomic E-state index is 0.0263. The van der Waals surface area contributed by atoms with Crippen molar-refractivity contribution in [2.75, 3.05) is 11.1 Å². The molecule has 0 aliphatic heterocycles. The van der Waals surface area contributed by atoms with Crippen LogP contribution < -0.4 is 5.32 Å². The molecule has 0 saturated heterocycles. The molecule has 1 aromatic rings. The molecule has 0 bridgehead atoms. The summed E-state index contributed by atoms with van der Waals surface area (Å²) in [5.41, 5.74) is 0.0263. The lowest BCUT2D eigenvalue weighted by molar-refractivity contribution is -0.136. The predicted octanol–water partition coefficient (Wildman–Crippen LogP) is 3.01. The second kappa shape index (κ2) is 7.35. The van der Waals surface area contributed by atoms with Crippen molar-refractivity contribution in [3.8, 4) is 0 Å². The average molecular weight is 306 g/mol. The first kappa shape index (κ1) is 15.8. The van der Waals surface area contributed by atoms with Gasteiger partial charge in [-0.15, -0.1) is 11.8 Å². The van der Waals surface area contributed by atoms with Crippen LogP contribution in [0.1, 0.15) is 13.3 Å². The Morgan fingerprint density at radius 3 is 2.74 bits per heavy atom. The van der Waals surface area contributed by atoms with E-state index in [0.717, 1.165) is 17.8 Å². The summed E-state index contributed by atoms with van der Waals surface area (Å²) in [5, 5.41) is 10.8. The van der Waals surface area contributed by atoms with E-state index >= 15 is 0 Å². The summed E-state index contributed by atoms with van der Waals surface area (Å²) in [6, 6.07) is 3.91. The quantitative estimate of drug-likeness (QED) is 0.848. The highest BCUT2D eigenvalue weighted by Crippen LogP contribution is 2.20. The van der Waals surface area contributed by atoms with Gasteiger partial charge in [0.2, 0.25) is 5.91 Å². The zero-order chi connectivity index (χ0) is 14.4. The van der Waals surface area contributed by atoms with Crippen LogP contribution in [-0.2, 0) is 9.59 Å². The minimum Gasteiger partial charge on any atom is -0.480 e.